The van der Waals surface area contributed by atoms with Crippen molar-refractivity contribution >= 4 is 66.1 Å². The van der Waals surface area contributed by atoms with Crippen molar-refractivity contribution in [3.63, 3.8) is 0 Å². The molecule has 2 aliphatic rings. The summed E-state index contributed by atoms with van der Waals surface area (Å²) in [6.45, 7) is 4.33. The van der Waals surface area contributed by atoms with Crippen LogP contribution in [0.15, 0.2) is 52.6 Å². The van der Waals surface area contributed by atoms with E-state index in [2.05, 4.69) is 27.5 Å². The van der Waals surface area contributed by atoms with Gasteiger partial charge in [-0.15, -0.1) is 0 Å². The van der Waals surface area contributed by atoms with E-state index in [1.165, 1.54) is 34.2 Å². The van der Waals surface area contributed by atoms with Crippen LogP contribution in [-0.2, 0) is 20.0 Å². The van der Waals surface area contributed by atoms with Gasteiger partial charge in [0.2, 0.25) is 10.0 Å². The number of nitrogens with one attached hydrogen (secondary N) is 1. The summed E-state index contributed by atoms with van der Waals surface area (Å²) in [5.41, 5.74) is 1.92. The van der Waals surface area contributed by atoms with Crippen LogP contribution >= 0.6 is 24.4 Å². The first-order valence-corrected chi connectivity index (χ1v) is 18.1. The summed E-state index contributed by atoms with van der Waals surface area (Å²) in [5.74, 6) is 1.25. The summed E-state index contributed by atoms with van der Waals surface area (Å²) >= 11 is 5.93. The SMILES string of the molecule is CN(c1cc(OCCCS)cc2cc(C3=NCC(CN4CCN(S(C)(=O)=O)CC4)S3)[nH]c12)S(=O)(=O)c1ccccn1. The number of anilines is 1. The number of thiol groups is 1. The van der Waals surface area contributed by atoms with Gasteiger partial charge < -0.3 is 9.72 Å². The van der Waals surface area contributed by atoms with Crippen molar-refractivity contribution in [1.82, 2.24) is 19.2 Å². The fraction of sp³-hybridized carbons (Fsp3) is 0.462. The number of benzene rings is 1. The minimum absolute atomic E-state index is 0.0419. The van der Waals surface area contributed by atoms with E-state index in [1.807, 2.05) is 12.1 Å². The Hall–Kier alpha value is -2.30. The molecule has 1 aromatic carbocycles. The quantitative estimate of drug-likeness (QED) is 0.242. The molecule has 0 saturated carbocycles. The summed E-state index contributed by atoms with van der Waals surface area (Å²) in [4.78, 5) is 14.6. The molecule has 11 nitrogen and oxygen atoms in total. The van der Waals surface area contributed by atoms with Gasteiger partial charge in [-0.05, 0) is 36.4 Å². The minimum Gasteiger partial charge on any atom is -0.493 e. The Labute approximate surface area is 250 Å². The largest absolute Gasteiger partial charge is 0.493 e. The van der Waals surface area contributed by atoms with Gasteiger partial charge in [0.25, 0.3) is 10.0 Å². The first kappa shape index (κ1) is 30.2. The van der Waals surface area contributed by atoms with E-state index in [0.717, 1.165) is 29.1 Å². The Morgan fingerprint density at radius 3 is 2.61 bits per heavy atom. The third kappa shape index (κ3) is 6.86. The van der Waals surface area contributed by atoms with Gasteiger partial charge in [-0.1, -0.05) is 17.8 Å². The molecular formula is C26H34N6O5S4. The van der Waals surface area contributed by atoms with Gasteiger partial charge in [0, 0.05) is 62.7 Å². The molecule has 0 radical (unpaired) electrons. The molecular weight excluding hydrogens is 605 g/mol. The van der Waals surface area contributed by atoms with E-state index in [0.29, 0.717) is 62.0 Å². The summed E-state index contributed by atoms with van der Waals surface area (Å²) in [6, 6.07) is 10.4. The number of thioether (sulfide) groups is 1. The number of aromatic amines is 1. The molecule has 41 heavy (non-hydrogen) atoms. The highest BCUT2D eigenvalue weighted by Crippen LogP contribution is 2.36. The average Bonchev–Trinajstić information content (AvgIpc) is 3.60. The molecule has 3 aromatic rings. The third-order valence-corrected chi connectivity index (χ3v) is 11.6. The maximum absolute atomic E-state index is 13.4. The number of ether oxygens (including phenoxy) is 1. The lowest BCUT2D eigenvalue weighted by Gasteiger charge is -2.34. The van der Waals surface area contributed by atoms with E-state index >= 15 is 0 Å². The number of H-pyrrole nitrogens is 1. The number of hydrogen-bond donors (Lipinski definition) is 2. The predicted molar refractivity (Wildman–Crippen MR) is 168 cm³/mol. The number of hydrogen-bond acceptors (Lipinski definition) is 10. The lowest BCUT2D eigenvalue weighted by atomic mass is 10.2. The number of aromatic nitrogens is 2. The molecule has 222 valence electrons. The van der Waals surface area contributed by atoms with Crippen LogP contribution in [0.3, 0.4) is 0 Å². The molecule has 15 heteroatoms. The van der Waals surface area contributed by atoms with Crippen molar-refractivity contribution in [3.05, 3.63) is 48.3 Å². The van der Waals surface area contributed by atoms with Gasteiger partial charge in [0.05, 0.1) is 36.3 Å². The molecule has 1 unspecified atom stereocenters. The molecule has 2 aromatic heterocycles. The highest BCUT2D eigenvalue weighted by atomic mass is 32.2. The number of fused-ring (bicyclic) bond motifs is 1. The second kappa shape index (κ2) is 12.5. The molecule has 0 bridgehead atoms. The second-order valence-electron chi connectivity index (χ2n) is 10.0. The number of aliphatic imine (C=N–C) groups is 1. The first-order chi connectivity index (χ1) is 19.6. The van der Waals surface area contributed by atoms with Crippen LogP contribution in [0.25, 0.3) is 10.9 Å². The molecule has 4 heterocycles. The number of pyridine rings is 1. The smallest absolute Gasteiger partial charge is 0.281 e. The molecule has 1 atom stereocenters. The minimum atomic E-state index is -3.92. The van der Waals surface area contributed by atoms with Crippen LogP contribution in [0.2, 0.25) is 0 Å². The molecule has 0 spiro atoms. The fourth-order valence-electron chi connectivity index (χ4n) is 4.86. The first-order valence-electron chi connectivity index (χ1n) is 13.3. The van der Waals surface area contributed by atoms with Crippen molar-refractivity contribution < 1.29 is 21.6 Å². The lowest BCUT2D eigenvalue weighted by Crippen LogP contribution is -2.49. The molecule has 1 N–H and O–H groups in total. The van der Waals surface area contributed by atoms with Crippen molar-refractivity contribution in [3.8, 4) is 5.75 Å². The Morgan fingerprint density at radius 2 is 1.93 bits per heavy atom. The van der Waals surface area contributed by atoms with Crippen molar-refractivity contribution in [1.29, 1.82) is 0 Å². The van der Waals surface area contributed by atoms with Gasteiger partial charge >= 0.3 is 0 Å². The highest BCUT2D eigenvalue weighted by molar-refractivity contribution is 8.15. The maximum Gasteiger partial charge on any atom is 0.281 e. The van der Waals surface area contributed by atoms with E-state index < -0.39 is 20.0 Å². The van der Waals surface area contributed by atoms with Gasteiger partial charge in [-0.25, -0.2) is 13.4 Å². The Bertz CT molecular complexity index is 1620. The van der Waals surface area contributed by atoms with Gasteiger partial charge in [0.1, 0.15) is 10.8 Å². The van der Waals surface area contributed by atoms with Gasteiger partial charge in [0.15, 0.2) is 5.03 Å². The van der Waals surface area contributed by atoms with Crippen molar-refractivity contribution in [2.24, 2.45) is 4.99 Å². The number of piperazine rings is 1. The van der Waals surface area contributed by atoms with E-state index in [4.69, 9.17) is 9.73 Å². The Kier molecular flexibility index (Phi) is 9.21. The zero-order valence-electron chi connectivity index (χ0n) is 22.9. The number of nitrogens with zero attached hydrogens (tertiary/aromatic N) is 5. The standard InChI is InChI=1S/C26H34N6O5S4/c1-30(41(35,36)24-6-3-4-7-27-24)23-16-20(37-12-5-13-38)14-19-15-22(29-25(19)23)26-28-17-21(39-26)18-31-8-10-32(11-9-31)40(2,33)34/h3-4,6-7,14-16,21,29,38H,5,8-13,17-18H2,1-2H3. The van der Waals surface area contributed by atoms with Crippen LogP contribution < -0.4 is 9.04 Å². The highest BCUT2D eigenvalue weighted by Gasteiger charge is 2.30. The molecule has 2 aliphatic heterocycles. The van der Waals surface area contributed by atoms with Crippen molar-refractivity contribution in [2.45, 2.75) is 16.7 Å². The Balaban J connectivity index is 1.37. The molecule has 1 fully saturated rings. The van der Waals surface area contributed by atoms with E-state index in [1.54, 1.807) is 30.0 Å². The fourth-order valence-corrected chi connectivity index (χ4v) is 8.08. The zero-order valence-corrected chi connectivity index (χ0v) is 26.3. The third-order valence-electron chi connectivity index (χ3n) is 7.06. The maximum atomic E-state index is 13.4. The van der Waals surface area contributed by atoms with E-state index in [-0.39, 0.29) is 10.3 Å². The van der Waals surface area contributed by atoms with Crippen molar-refractivity contribution in [2.75, 3.05) is 69.2 Å². The lowest BCUT2D eigenvalue weighted by molar-refractivity contribution is 0.190. The second-order valence-corrected chi connectivity index (χ2v) is 15.6. The average molecular weight is 639 g/mol. The van der Waals surface area contributed by atoms with Gasteiger partial charge in [-0.3, -0.25) is 14.2 Å². The number of sulfonamides is 2. The molecule has 1 saturated heterocycles. The van der Waals surface area contributed by atoms with Crippen LogP contribution in [0.1, 0.15) is 12.1 Å². The van der Waals surface area contributed by atoms with Crippen LogP contribution in [0.4, 0.5) is 5.69 Å². The van der Waals surface area contributed by atoms with Crippen LogP contribution in [0.5, 0.6) is 5.75 Å². The molecule has 0 aliphatic carbocycles. The van der Waals surface area contributed by atoms with Crippen LogP contribution in [0, 0.1) is 0 Å². The summed E-state index contributed by atoms with van der Waals surface area (Å²) in [6.07, 6.45) is 3.47. The predicted octanol–water partition coefficient (Wildman–Crippen LogP) is 2.53. The molecule has 5 rings (SSSR count). The van der Waals surface area contributed by atoms with E-state index in [9.17, 15) is 16.8 Å². The molecule has 0 amide bonds. The monoisotopic (exact) mass is 638 g/mol. The summed E-state index contributed by atoms with van der Waals surface area (Å²) < 4.78 is 59.2. The van der Waals surface area contributed by atoms with Crippen LogP contribution in [-0.4, -0.2) is 111 Å². The zero-order chi connectivity index (χ0) is 29.2. The number of rotatable bonds is 11. The Morgan fingerprint density at radius 1 is 1.15 bits per heavy atom. The topological polar surface area (TPSA) is 128 Å². The summed E-state index contributed by atoms with van der Waals surface area (Å²) in [5, 5.41) is 1.87. The normalized spacial score (nSPS) is 19.0. The summed E-state index contributed by atoms with van der Waals surface area (Å²) in [7, 11) is -5.57. The van der Waals surface area contributed by atoms with Gasteiger partial charge in [-0.2, -0.15) is 25.4 Å².